The Kier molecular flexibility index (Phi) is 2.46. The minimum atomic E-state index is -0.850. The molecule has 1 heterocycles. The van der Waals surface area contributed by atoms with Crippen LogP contribution in [0.3, 0.4) is 0 Å². The molecule has 3 heteroatoms. The maximum Gasteiger partial charge on any atom is 0.191 e. The first-order valence-corrected chi connectivity index (χ1v) is 5.72. The zero-order valence-electron chi connectivity index (χ0n) is 10.5. The molecule has 1 N–H and O–H groups in total. The van der Waals surface area contributed by atoms with Gasteiger partial charge in [0.2, 0.25) is 0 Å². The highest BCUT2D eigenvalue weighted by Crippen LogP contribution is 2.44. The highest BCUT2D eigenvalue weighted by molar-refractivity contribution is 5.67. The van der Waals surface area contributed by atoms with E-state index >= 15 is 0 Å². The van der Waals surface area contributed by atoms with Gasteiger partial charge in [-0.15, -0.1) is 0 Å². The van der Waals surface area contributed by atoms with Crippen LogP contribution in [0.2, 0.25) is 0 Å². The standard InChI is InChI=1S/C13H19NO2/c1-7(2)10-12-11(14-9(4)16-12)8(3)6-13(10,5)15/h6-7,10,15H,1-5H3. The van der Waals surface area contributed by atoms with Crippen molar-refractivity contribution in [2.75, 3.05) is 0 Å². The number of aliphatic hydroxyl groups is 1. The summed E-state index contributed by atoms with van der Waals surface area (Å²) in [5, 5.41) is 10.5. The third kappa shape index (κ3) is 1.59. The molecule has 2 atom stereocenters. The highest BCUT2D eigenvalue weighted by Gasteiger charge is 2.41. The van der Waals surface area contributed by atoms with Crippen molar-refractivity contribution in [1.29, 1.82) is 0 Å². The van der Waals surface area contributed by atoms with Gasteiger partial charge in [-0.3, -0.25) is 0 Å². The van der Waals surface area contributed by atoms with Crippen LogP contribution in [0.15, 0.2) is 10.5 Å². The topological polar surface area (TPSA) is 46.3 Å². The molecular weight excluding hydrogens is 202 g/mol. The van der Waals surface area contributed by atoms with E-state index in [9.17, 15) is 5.11 Å². The average molecular weight is 221 g/mol. The molecule has 0 spiro atoms. The minimum absolute atomic E-state index is 0.0209. The Bertz CT molecular complexity index is 441. The molecule has 0 amide bonds. The van der Waals surface area contributed by atoms with Gasteiger partial charge in [0.05, 0.1) is 11.5 Å². The quantitative estimate of drug-likeness (QED) is 0.793. The fourth-order valence-electron chi connectivity index (χ4n) is 2.78. The van der Waals surface area contributed by atoms with E-state index in [-0.39, 0.29) is 5.92 Å². The van der Waals surface area contributed by atoms with Crippen LogP contribution < -0.4 is 0 Å². The predicted molar refractivity (Wildman–Crippen MR) is 63.1 cm³/mol. The Morgan fingerprint density at radius 3 is 2.62 bits per heavy atom. The van der Waals surface area contributed by atoms with Crippen molar-refractivity contribution in [3.63, 3.8) is 0 Å². The van der Waals surface area contributed by atoms with Crippen LogP contribution in [0.4, 0.5) is 0 Å². The zero-order valence-corrected chi connectivity index (χ0v) is 10.5. The lowest BCUT2D eigenvalue weighted by atomic mass is 9.74. The van der Waals surface area contributed by atoms with Crippen molar-refractivity contribution in [3.05, 3.63) is 23.4 Å². The molecule has 2 unspecified atom stereocenters. The van der Waals surface area contributed by atoms with E-state index in [4.69, 9.17) is 4.42 Å². The molecule has 16 heavy (non-hydrogen) atoms. The summed E-state index contributed by atoms with van der Waals surface area (Å²) in [5.41, 5.74) is 1.05. The molecule has 0 aliphatic heterocycles. The van der Waals surface area contributed by atoms with Crippen molar-refractivity contribution >= 4 is 5.57 Å². The molecule has 0 bridgehead atoms. The van der Waals surface area contributed by atoms with Crippen molar-refractivity contribution in [2.24, 2.45) is 5.92 Å². The maximum atomic E-state index is 10.5. The summed E-state index contributed by atoms with van der Waals surface area (Å²) in [6, 6.07) is 0. The zero-order chi connectivity index (χ0) is 12.1. The monoisotopic (exact) mass is 221 g/mol. The van der Waals surface area contributed by atoms with Gasteiger partial charge in [0.15, 0.2) is 5.89 Å². The summed E-state index contributed by atoms with van der Waals surface area (Å²) in [6.07, 6.45) is 1.89. The Balaban J connectivity index is 2.61. The lowest BCUT2D eigenvalue weighted by Gasteiger charge is -2.35. The number of nitrogens with zero attached hydrogens (tertiary/aromatic N) is 1. The molecule has 1 aliphatic rings. The Hall–Kier alpha value is -1.09. The van der Waals surface area contributed by atoms with Crippen molar-refractivity contribution in [1.82, 2.24) is 4.98 Å². The van der Waals surface area contributed by atoms with Crippen LogP contribution in [-0.4, -0.2) is 15.7 Å². The molecule has 0 fully saturated rings. The molecule has 0 aromatic carbocycles. The van der Waals surface area contributed by atoms with Crippen LogP contribution in [0.5, 0.6) is 0 Å². The van der Waals surface area contributed by atoms with Gasteiger partial charge in [-0.2, -0.15) is 0 Å². The van der Waals surface area contributed by atoms with Gasteiger partial charge >= 0.3 is 0 Å². The van der Waals surface area contributed by atoms with E-state index in [0.717, 1.165) is 17.0 Å². The second-order valence-electron chi connectivity index (χ2n) is 5.22. The van der Waals surface area contributed by atoms with Gasteiger partial charge < -0.3 is 9.52 Å². The van der Waals surface area contributed by atoms with Crippen LogP contribution in [0.25, 0.3) is 5.57 Å². The number of hydrogen-bond donors (Lipinski definition) is 1. The first-order chi connectivity index (χ1) is 7.33. The largest absolute Gasteiger partial charge is 0.445 e. The second-order valence-corrected chi connectivity index (χ2v) is 5.22. The van der Waals surface area contributed by atoms with Gasteiger partial charge in [-0.25, -0.2) is 4.98 Å². The second kappa shape index (κ2) is 3.45. The van der Waals surface area contributed by atoms with E-state index in [1.165, 1.54) is 0 Å². The summed E-state index contributed by atoms with van der Waals surface area (Å²) in [5.74, 6) is 1.79. The van der Waals surface area contributed by atoms with E-state index in [2.05, 4.69) is 18.8 Å². The average Bonchev–Trinajstić information content (AvgIpc) is 2.43. The highest BCUT2D eigenvalue weighted by atomic mass is 16.4. The molecule has 0 saturated heterocycles. The number of allylic oxidation sites excluding steroid dienone is 1. The van der Waals surface area contributed by atoms with E-state index < -0.39 is 5.60 Å². The fourth-order valence-corrected chi connectivity index (χ4v) is 2.78. The molecule has 3 nitrogen and oxygen atoms in total. The maximum absolute atomic E-state index is 10.5. The summed E-state index contributed by atoms with van der Waals surface area (Å²) in [7, 11) is 0. The summed E-state index contributed by atoms with van der Waals surface area (Å²) < 4.78 is 5.67. The van der Waals surface area contributed by atoms with Crippen LogP contribution in [-0.2, 0) is 0 Å². The minimum Gasteiger partial charge on any atom is -0.445 e. The smallest absolute Gasteiger partial charge is 0.191 e. The van der Waals surface area contributed by atoms with Gasteiger partial charge in [-0.05, 0) is 31.4 Å². The third-order valence-electron chi connectivity index (χ3n) is 3.22. The lowest BCUT2D eigenvalue weighted by Crippen LogP contribution is -2.36. The van der Waals surface area contributed by atoms with Crippen LogP contribution >= 0.6 is 0 Å². The van der Waals surface area contributed by atoms with Crippen LogP contribution in [0.1, 0.15) is 51.0 Å². The van der Waals surface area contributed by atoms with E-state index in [1.807, 2.05) is 26.8 Å². The van der Waals surface area contributed by atoms with Crippen molar-refractivity contribution in [2.45, 2.75) is 46.1 Å². The molecule has 1 aliphatic carbocycles. The molecule has 1 aromatic rings. The summed E-state index contributed by atoms with van der Waals surface area (Å²) in [6.45, 7) is 9.83. The first kappa shape index (κ1) is 11.4. The van der Waals surface area contributed by atoms with Gasteiger partial charge in [0.1, 0.15) is 11.5 Å². The van der Waals surface area contributed by atoms with E-state index in [0.29, 0.717) is 11.8 Å². The molecule has 0 radical (unpaired) electrons. The van der Waals surface area contributed by atoms with Crippen molar-refractivity contribution in [3.8, 4) is 0 Å². The lowest BCUT2D eigenvalue weighted by molar-refractivity contribution is 0.0508. The molecule has 1 aromatic heterocycles. The summed E-state index contributed by atoms with van der Waals surface area (Å²) in [4.78, 5) is 4.38. The van der Waals surface area contributed by atoms with Gasteiger partial charge in [0, 0.05) is 6.92 Å². The Morgan fingerprint density at radius 1 is 1.44 bits per heavy atom. The number of oxazole rings is 1. The van der Waals surface area contributed by atoms with Gasteiger partial charge in [0.25, 0.3) is 0 Å². The van der Waals surface area contributed by atoms with Gasteiger partial charge in [-0.1, -0.05) is 13.8 Å². The SMILES string of the molecule is CC1=CC(C)(O)C(C(C)C)c2oc(C)nc21. The number of aryl methyl sites for hydroxylation is 1. The number of aromatic nitrogens is 1. The molecule has 2 rings (SSSR count). The van der Waals surface area contributed by atoms with E-state index in [1.54, 1.807) is 0 Å². The predicted octanol–water partition coefficient (Wildman–Crippen LogP) is 2.89. The first-order valence-electron chi connectivity index (χ1n) is 5.72. The number of fused-ring (bicyclic) bond motifs is 1. The fraction of sp³-hybridized carbons (Fsp3) is 0.615. The van der Waals surface area contributed by atoms with Crippen molar-refractivity contribution < 1.29 is 9.52 Å². The normalized spacial score (nSPS) is 29.2. The Morgan fingerprint density at radius 2 is 2.06 bits per heavy atom. The number of rotatable bonds is 1. The Labute approximate surface area is 96.2 Å². The third-order valence-corrected chi connectivity index (χ3v) is 3.22. The van der Waals surface area contributed by atoms with Crippen LogP contribution in [0, 0.1) is 12.8 Å². The summed E-state index contributed by atoms with van der Waals surface area (Å²) >= 11 is 0. The molecular formula is C13H19NO2. The molecule has 0 saturated carbocycles. The molecule has 88 valence electrons. The number of hydrogen-bond acceptors (Lipinski definition) is 3.